The van der Waals surface area contributed by atoms with Crippen molar-refractivity contribution in [3.63, 3.8) is 0 Å². The number of carbonyl (C=O) groups excluding carboxylic acids is 1. The number of hydrogen-bond acceptors (Lipinski definition) is 4. The number of aryl methyl sites for hydroxylation is 1. The number of nitrogens with zero attached hydrogens (tertiary/aromatic N) is 2. The van der Waals surface area contributed by atoms with Crippen LogP contribution in [0.25, 0.3) is 11.5 Å². The minimum absolute atomic E-state index is 0.0307. The Hall–Kier alpha value is -2.95. The molecule has 0 saturated heterocycles. The molecule has 1 saturated carbocycles. The van der Waals surface area contributed by atoms with E-state index in [0.717, 1.165) is 18.5 Å². The molecule has 2 aromatic carbocycles. The third kappa shape index (κ3) is 3.99. The Kier molecular flexibility index (Phi) is 4.78. The highest BCUT2D eigenvalue weighted by Gasteiger charge is 2.37. The van der Waals surface area contributed by atoms with Gasteiger partial charge < -0.3 is 9.73 Å². The van der Waals surface area contributed by atoms with Gasteiger partial charge in [0.2, 0.25) is 17.7 Å². The first-order chi connectivity index (χ1) is 12.8. The van der Waals surface area contributed by atoms with E-state index in [1.54, 1.807) is 0 Å². The molecule has 0 spiro atoms. The third-order valence-corrected chi connectivity index (χ3v) is 4.77. The van der Waals surface area contributed by atoms with Crippen LogP contribution in [0.3, 0.4) is 0 Å². The zero-order valence-electron chi connectivity index (χ0n) is 14.5. The summed E-state index contributed by atoms with van der Waals surface area (Å²) in [5, 5.41) is 11.1. The number of nitrogens with one attached hydrogen (secondary N) is 1. The Labute approximate surface area is 152 Å². The predicted molar refractivity (Wildman–Crippen MR) is 98.4 cm³/mol. The van der Waals surface area contributed by atoms with E-state index in [1.807, 2.05) is 36.4 Å². The van der Waals surface area contributed by atoms with Crippen LogP contribution in [-0.2, 0) is 11.2 Å². The fourth-order valence-corrected chi connectivity index (χ4v) is 3.19. The van der Waals surface area contributed by atoms with E-state index in [9.17, 15) is 4.79 Å². The van der Waals surface area contributed by atoms with Crippen LogP contribution in [0.15, 0.2) is 65.1 Å². The van der Waals surface area contributed by atoms with Crippen molar-refractivity contribution in [2.75, 3.05) is 6.54 Å². The lowest BCUT2D eigenvalue weighted by molar-refractivity contribution is -0.121. The first kappa shape index (κ1) is 16.5. The molecule has 1 fully saturated rings. The Balaban J connectivity index is 1.21. The lowest BCUT2D eigenvalue weighted by Crippen LogP contribution is -2.26. The molecule has 0 aliphatic heterocycles. The monoisotopic (exact) mass is 347 g/mol. The van der Waals surface area contributed by atoms with Crippen LogP contribution in [0, 0.1) is 5.92 Å². The number of aromatic nitrogens is 2. The summed E-state index contributed by atoms with van der Waals surface area (Å²) < 4.78 is 5.63. The highest BCUT2D eigenvalue weighted by atomic mass is 16.4. The van der Waals surface area contributed by atoms with Gasteiger partial charge in [0, 0.05) is 24.9 Å². The van der Waals surface area contributed by atoms with Crippen LogP contribution in [0.1, 0.15) is 30.2 Å². The molecule has 1 amide bonds. The maximum atomic E-state index is 12.1. The maximum Gasteiger partial charge on any atom is 0.247 e. The molecular weight excluding hydrogens is 326 g/mol. The summed E-state index contributed by atoms with van der Waals surface area (Å²) in [6.45, 7) is 0.734. The Bertz CT molecular complexity index is 861. The summed E-state index contributed by atoms with van der Waals surface area (Å²) in [7, 11) is 0. The molecule has 2 atom stereocenters. The highest BCUT2D eigenvalue weighted by Crippen LogP contribution is 2.46. The molecular formula is C21H21N3O2. The van der Waals surface area contributed by atoms with Crippen molar-refractivity contribution in [1.29, 1.82) is 0 Å². The van der Waals surface area contributed by atoms with Gasteiger partial charge in [0.05, 0.1) is 0 Å². The van der Waals surface area contributed by atoms with Crippen LogP contribution in [0.5, 0.6) is 0 Å². The molecule has 0 radical (unpaired) electrons. The number of benzene rings is 2. The van der Waals surface area contributed by atoms with Crippen molar-refractivity contribution < 1.29 is 9.21 Å². The molecule has 0 unspecified atom stereocenters. The van der Waals surface area contributed by atoms with Crippen molar-refractivity contribution in [3.8, 4) is 11.5 Å². The average molecular weight is 347 g/mol. The molecule has 1 heterocycles. The predicted octanol–water partition coefficient (Wildman–Crippen LogP) is 3.59. The van der Waals surface area contributed by atoms with Crippen LogP contribution in [-0.4, -0.2) is 22.6 Å². The highest BCUT2D eigenvalue weighted by molar-refractivity contribution is 5.76. The van der Waals surface area contributed by atoms with Gasteiger partial charge in [0.1, 0.15) is 0 Å². The van der Waals surface area contributed by atoms with E-state index in [4.69, 9.17) is 4.42 Å². The minimum Gasteiger partial charge on any atom is -0.421 e. The topological polar surface area (TPSA) is 68.0 Å². The third-order valence-electron chi connectivity index (χ3n) is 4.77. The van der Waals surface area contributed by atoms with Crippen molar-refractivity contribution in [2.45, 2.75) is 25.2 Å². The SMILES string of the molecule is O=C(CCc1nnc(-c2ccccc2)o1)NC[C@H]1C[C@@H]1c1ccccc1. The van der Waals surface area contributed by atoms with Gasteiger partial charge in [-0.15, -0.1) is 10.2 Å². The summed E-state index contributed by atoms with van der Waals surface area (Å²) in [4.78, 5) is 12.1. The molecule has 1 aliphatic carbocycles. The van der Waals surface area contributed by atoms with Gasteiger partial charge in [-0.1, -0.05) is 48.5 Å². The second-order valence-electron chi connectivity index (χ2n) is 6.68. The van der Waals surface area contributed by atoms with Crippen molar-refractivity contribution in [3.05, 3.63) is 72.1 Å². The standard InChI is InChI=1S/C21H21N3O2/c25-19(22-14-17-13-18(17)15-7-3-1-4-8-15)11-12-20-23-24-21(26-20)16-9-5-2-6-10-16/h1-10,17-18H,11-14H2,(H,22,25)/t17-,18-/m1/s1. The largest absolute Gasteiger partial charge is 0.421 e. The van der Waals surface area contributed by atoms with Crippen LogP contribution in [0.4, 0.5) is 0 Å². The number of rotatable bonds is 7. The summed E-state index contributed by atoms with van der Waals surface area (Å²) in [6, 6.07) is 20.1. The fraction of sp³-hybridized carbons (Fsp3) is 0.286. The summed E-state index contributed by atoms with van der Waals surface area (Å²) in [5.41, 5.74) is 2.25. The molecule has 1 aromatic heterocycles. The van der Waals surface area contributed by atoms with Gasteiger partial charge in [-0.25, -0.2) is 0 Å². The second kappa shape index (κ2) is 7.52. The molecule has 5 nitrogen and oxygen atoms in total. The van der Waals surface area contributed by atoms with E-state index < -0.39 is 0 Å². The lowest BCUT2D eigenvalue weighted by atomic mass is 10.1. The maximum absolute atomic E-state index is 12.1. The first-order valence-electron chi connectivity index (χ1n) is 8.99. The Morgan fingerprint density at radius 2 is 1.77 bits per heavy atom. The number of hydrogen-bond donors (Lipinski definition) is 1. The molecule has 1 aliphatic rings. The molecule has 1 N–H and O–H groups in total. The lowest BCUT2D eigenvalue weighted by Gasteiger charge is -2.04. The van der Waals surface area contributed by atoms with Crippen molar-refractivity contribution >= 4 is 5.91 Å². The molecule has 26 heavy (non-hydrogen) atoms. The smallest absolute Gasteiger partial charge is 0.247 e. The van der Waals surface area contributed by atoms with Gasteiger partial charge in [0.25, 0.3) is 0 Å². The van der Waals surface area contributed by atoms with Gasteiger partial charge in [0.15, 0.2) is 0 Å². The minimum atomic E-state index is 0.0307. The average Bonchev–Trinajstić information content (AvgIpc) is 3.33. The second-order valence-corrected chi connectivity index (χ2v) is 6.68. The first-order valence-corrected chi connectivity index (χ1v) is 8.99. The van der Waals surface area contributed by atoms with Crippen LogP contribution >= 0.6 is 0 Å². The van der Waals surface area contributed by atoms with E-state index in [1.165, 1.54) is 5.56 Å². The molecule has 132 valence electrons. The molecule has 3 aromatic rings. The van der Waals surface area contributed by atoms with Gasteiger partial charge in [-0.05, 0) is 36.0 Å². The van der Waals surface area contributed by atoms with E-state index >= 15 is 0 Å². The van der Waals surface area contributed by atoms with Crippen molar-refractivity contribution in [2.24, 2.45) is 5.92 Å². The van der Waals surface area contributed by atoms with Gasteiger partial charge >= 0.3 is 0 Å². The summed E-state index contributed by atoms with van der Waals surface area (Å²) in [5.74, 6) is 2.15. The molecule has 0 bridgehead atoms. The van der Waals surface area contributed by atoms with Crippen LogP contribution < -0.4 is 5.32 Å². The van der Waals surface area contributed by atoms with E-state index in [2.05, 4.69) is 39.8 Å². The van der Waals surface area contributed by atoms with Crippen LogP contribution in [0.2, 0.25) is 0 Å². The molecule has 5 heteroatoms. The number of carbonyl (C=O) groups is 1. The van der Waals surface area contributed by atoms with Crippen molar-refractivity contribution in [1.82, 2.24) is 15.5 Å². The Morgan fingerprint density at radius 3 is 2.54 bits per heavy atom. The van der Waals surface area contributed by atoms with E-state index in [-0.39, 0.29) is 5.91 Å². The van der Waals surface area contributed by atoms with Gasteiger partial charge in [-0.3, -0.25) is 4.79 Å². The number of amides is 1. The quantitative estimate of drug-likeness (QED) is 0.709. The summed E-state index contributed by atoms with van der Waals surface area (Å²) in [6.07, 6.45) is 1.96. The van der Waals surface area contributed by atoms with E-state index in [0.29, 0.717) is 36.5 Å². The zero-order chi connectivity index (χ0) is 17.8. The van der Waals surface area contributed by atoms with Gasteiger partial charge in [-0.2, -0.15) is 0 Å². The molecule has 4 rings (SSSR count). The zero-order valence-corrected chi connectivity index (χ0v) is 14.5. The summed E-state index contributed by atoms with van der Waals surface area (Å²) >= 11 is 0. The Morgan fingerprint density at radius 1 is 1.04 bits per heavy atom. The normalized spacial score (nSPS) is 18.5. The fourth-order valence-electron chi connectivity index (χ4n) is 3.19.